The van der Waals surface area contributed by atoms with Gasteiger partial charge in [0, 0.05) is 11.6 Å². The van der Waals surface area contributed by atoms with Crippen LogP contribution in [0.1, 0.15) is 16.7 Å². The molecular weight excluding hydrogens is 323 g/mol. The van der Waals surface area contributed by atoms with Crippen LogP contribution in [0.4, 0.5) is 10.5 Å². The second-order valence-electron chi connectivity index (χ2n) is 4.93. The molecule has 0 radical (unpaired) electrons. The average Bonchev–Trinajstić information content (AvgIpc) is 2.49. The fourth-order valence-electron chi connectivity index (χ4n) is 1.95. The molecule has 0 spiro atoms. The number of rotatable bonds is 3. The molecule has 0 fully saturated rings. The number of phenolic OH excluding ortho intramolecular Hbond substituents is 1. The minimum absolute atomic E-state index is 0.127. The standard InChI is InChI=1S/C16H16Cl2N2O2/c1-9-5-3-4-6-11(9)8-19-16(22)20-13-7-12(17)10(2)14(18)15(13)21/h3-7,21H,8H2,1-2H3,(H2,19,20,22). The van der Waals surface area contributed by atoms with Crippen LogP contribution in [-0.2, 0) is 6.54 Å². The lowest BCUT2D eigenvalue weighted by Gasteiger charge is -2.13. The van der Waals surface area contributed by atoms with Gasteiger partial charge >= 0.3 is 6.03 Å². The van der Waals surface area contributed by atoms with Crippen LogP contribution in [-0.4, -0.2) is 11.1 Å². The zero-order valence-corrected chi connectivity index (χ0v) is 13.7. The third-order valence-electron chi connectivity index (χ3n) is 3.37. The fraction of sp³-hybridized carbons (Fsp3) is 0.188. The van der Waals surface area contributed by atoms with Crippen LogP contribution >= 0.6 is 23.2 Å². The van der Waals surface area contributed by atoms with E-state index >= 15 is 0 Å². The Morgan fingerprint density at radius 3 is 2.59 bits per heavy atom. The predicted molar refractivity (Wildman–Crippen MR) is 89.9 cm³/mol. The number of aryl methyl sites for hydroxylation is 1. The molecule has 0 saturated carbocycles. The Morgan fingerprint density at radius 1 is 1.23 bits per heavy atom. The Kier molecular flexibility index (Phi) is 5.16. The lowest BCUT2D eigenvalue weighted by Crippen LogP contribution is -2.28. The van der Waals surface area contributed by atoms with Gasteiger partial charge in [-0.3, -0.25) is 0 Å². The first-order valence-electron chi connectivity index (χ1n) is 6.67. The number of carbonyl (C=O) groups excluding carboxylic acids is 1. The van der Waals surface area contributed by atoms with Gasteiger partial charge < -0.3 is 15.7 Å². The normalized spacial score (nSPS) is 10.4. The van der Waals surface area contributed by atoms with Crippen molar-refractivity contribution in [1.29, 1.82) is 0 Å². The fourth-order valence-corrected chi connectivity index (χ4v) is 2.41. The zero-order valence-electron chi connectivity index (χ0n) is 12.2. The molecule has 0 aliphatic rings. The number of anilines is 1. The van der Waals surface area contributed by atoms with E-state index in [9.17, 15) is 9.90 Å². The highest BCUT2D eigenvalue weighted by molar-refractivity contribution is 6.37. The summed E-state index contributed by atoms with van der Waals surface area (Å²) < 4.78 is 0. The molecule has 2 aromatic carbocycles. The van der Waals surface area contributed by atoms with Gasteiger partial charge in [0.05, 0.1) is 10.7 Å². The highest BCUT2D eigenvalue weighted by Crippen LogP contribution is 2.38. The molecule has 6 heteroatoms. The van der Waals surface area contributed by atoms with Crippen molar-refractivity contribution in [2.75, 3.05) is 5.32 Å². The van der Waals surface area contributed by atoms with Crippen LogP contribution in [0, 0.1) is 13.8 Å². The third-order valence-corrected chi connectivity index (χ3v) is 4.23. The van der Waals surface area contributed by atoms with E-state index in [4.69, 9.17) is 23.2 Å². The summed E-state index contributed by atoms with van der Waals surface area (Å²) >= 11 is 12.0. The van der Waals surface area contributed by atoms with E-state index in [1.54, 1.807) is 6.92 Å². The number of phenols is 1. The molecule has 22 heavy (non-hydrogen) atoms. The summed E-state index contributed by atoms with van der Waals surface area (Å²) in [5.74, 6) is -0.199. The number of nitrogens with one attached hydrogen (secondary N) is 2. The van der Waals surface area contributed by atoms with Gasteiger partial charge in [0.15, 0.2) is 5.75 Å². The van der Waals surface area contributed by atoms with E-state index < -0.39 is 6.03 Å². The van der Waals surface area contributed by atoms with E-state index in [2.05, 4.69) is 10.6 Å². The molecule has 0 bridgehead atoms. The Labute approximate surface area is 139 Å². The first kappa shape index (κ1) is 16.5. The molecule has 0 aromatic heterocycles. The van der Waals surface area contributed by atoms with Gasteiger partial charge in [0.25, 0.3) is 0 Å². The molecule has 116 valence electrons. The summed E-state index contributed by atoms with van der Waals surface area (Å²) in [4.78, 5) is 11.9. The van der Waals surface area contributed by atoms with Crippen molar-refractivity contribution in [3.8, 4) is 5.75 Å². The maximum absolute atomic E-state index is 11.9. The van der Waals surface area contributed by atoms with Crippen LogP contribution in [0.5, 0.6) is 5.75 Å². The van der Waals surface area contributed by atoms with Gasteiger partial charge in [-0.1, -0.05) is 47.5 Å². The topological polar surface area (TPSA) is 61.4 Å². The van der Waals surface area contributed by atoms with Crippen LogP contribution in [0.25, 0.3) is 0 Å². The monoisotopic (exact) mass is 338 g/mol. The smallest absolute Gasteiger partial charge is 0.319 e. The highest BCUT2D eigenvalue weighted by Gasteiger charge is 2.14. The van der Waals surface area contributed by atoms with Gasteiger partial charge in [-0.05, 0) is 36.6 Å². The Hall–Kier alpha value is -1.91. The average molecular weight is 339 g/mol. The summed E-state index contributed by atoms with van der Waals surface area (Å²) in [6, 6.07) is 8.77. The van der Waals surface area contributed by atoms with E-state index in [1.165, 1.54) is 6.07 Å². The van der Waals surface area contributed by atoms with Crippen molar-refractivity contribution in [1.82, 2.24) is 5.32 Å². The summed E-state index contributed by atoms with van der Waals surface area (Å²) in [5.41, 5.74) is 2.84. The van der Waals surface area contributed by atoms with E-state index in [0.717, 1.165) is 11.1 Å². The number of urea groups is 1. The minimum Gasteiger partial charge on any atom is -0.504 e. The second-order valence-corrected chi connectivity index (χ2v) is 5.71. The molecule has 2 amide bonds. The highest BCUT2D eigenvalue weighted by atomic mass is 35.5. The predicted octanol–water partition coefficient (Wildman–Crippen LogP) is 4.64. The van der Waals surface area contributed by atoms with Crippen LogP contribution < -0.4 is 10.6 Å². The molecule has 0 heterocycles. The van der Waals surface area contributed by atoms with Crippen molar-refractivity contribution >= 4 is 34.9 Å². The minimum atomic E-state index is -0.450. The molecule has 0 atom stereocenters. The van der Waals surface area contributed by atoms with E-state index in [1.807, 2.05) is 31.2 Å². The Balaban J connectivity index is 2.06. The molecule has 2 rings (SSSR count). The summed E-state index contributed by atoms with van der Waals surface area (Å²) in [7, 11) is 0. The first-order valence-corrected chi connectivity index (χ1v) is 7.42. The van der Waals surface area contributed by atoms with Crippen molar-refractivity contribution in [2.24, 2.45) is 0 Å². The zero-order chi connectivity index (χ0) is 16.3. The first-order chi connectivity index (χ1) is 10.4. The largest absolute Gasteiger partial charge is 0.504 e. The summed E-state index contributed by atoms with van der Waals surface area (Å²) in [5, 5.41) is 15.7. The van der Waals surface area contributed by atoms with Crippen molar-refractivity contribution in [3.63, 3.8) is 0 Å². The quantitative estimate of drug-likeness (QED) is 0.714. The molecule has 0 aliphatic carbocycles. The number of carbonyl (C=O) groups is 1. The molecule has 0 saturated heterocycles. The van der Waals surface area contributed by atoms with Crippen molar-refractivity contribution in [2.45, 2.75) is 20.4 Å². The summed E-state index contributed by atoms with van der Waals surface area (Å²) in [6.07, 6.45) is 0. The Bertz CT molecular complexity index is 718. The van der Waals surface area contributed by atoms with E-state index in [-0.39, 0.29) is 16.5 Å². The van der Waals surface area contributed by atoms with Gasteiger partial charge in [-0.25, -0.2) is 4.79 Å². The van der Waals surface area contributed by atoms with Gasteiger partial charge in [-0.2, -0.15) is 0 Å². The van der Waals surface area contributed by atoms with Gasteiger partial charge in [-0.15, -0.1) is 0 Å². The van der Waals surface area contributed by atoms with Crippen LogP contribution in [0.15, 0.2) is 30.3 Å². The van der Waals surface area contributed by atoms with Crippen molar-refractivity contribution < 1.29 is 9.90 Å². The molecule has 2 aromatic rings. The molecule has 4 nitrogen and oxygen atoms in total. The maximum atomic E-state index is 11.9. The van der Waals surface area contributed by atoms with Gasteiger partial charge in [0.2, 0.25) is 0 Å². The second kappa shape index (κ2) is 6.90. The number of hydrogen-bond acceptors (Lipinski definition) is 2. The van der Waals surface area contributed by atoms with E-state index in [0.29, 0.717) is 17.1 Å². The molecular formula is C16H16Cl2N2O2. The lowest BCUT2D eigenvalue weighted by molar-refractivity contribution is 0.251. The number of hydrogen-bond donors (Lipinski definition) is 3. The number of amides is 2. The molecule has 0 unspecified atom stereocenters. The number of aromatic hydroxyl groups is 1. The molecule has 0 aliphatic heterocycles. The third kappa shape index (κ3) is 3.64. The number of halogens is 2. The van der Waals surface area contributed by atoms with Crippen molar-refractivity contribution in [3.05, 3.63) is 57.1 Å². The SMILES string of the molecule is Cc1ccccc1CNC(=O)Nc1cc(Cl)c(C)c(Cl)c1O. The summed E-state index contributed by atoms with van der Waals surface area (Å²) in [6.45, 7) is 4.04. The maximum Gasteiger partial charge on any atom is 0.319 e. The van der Waals surface area contributed by atoms with Crippen LogP contribution in [0.3, 0.4) is 0 Å². The molecule has 3 N–H and O–H groups in total. The van der Waals surface area contributed by atoms with Crippen LogP contribution in [0.2, 0.25) is 10.0 Å². The number of benzene rings is 2. The Morgan fingerprint density at radius 2 is 1.91 bits per heavy atom. The van der Waals surface area contributed by atoms with Gasteiger partial charge in [0.1, 0.15) is 0 Å². The lowest BCUT2D eigenvalue weighted by atomic mass is 10.1.